The average Bonchev–Trinajstić information content (AvgIpc) is 2.40. The molecule has 4 heteroatoms. The number of ether oxygens (including phenoxy) is 1. The smallest absolute Gasteiger partial charge is 0.119 e. The van der Waals surface area contributed by atoms with Crippen molar-refractivity contribution in [1.82, 2.24) is 0 Å². The fourth-order valence-corrected chi connectivity index (χ4v) is 4.19. The van der Waals surface area contributed by atoms with Gasteiger partial charge in [0.05, 0.1) is 6.61 Å². The van der Waals surface area contributed by atoms with Crippen molar-refractivity contribution in [3.63, 3.8) is 0 Å². The van der Waals surface area contributed by atoms with Gasteiger partial charge in [-0.2, -0.15) is 0 Å². The van der Waals surface area contributed by atoms with Crippen LogP contribution in [0.25, 0.3) is 0 Å². The third-order valence-electron chi connectivity index (χ3n) is 3.06. The zero-order chi connectivity index (χ0) is 13.4. The molecular formula is C14H19Br3O. The quantitative estimate of drug-likeness (QED) is 0.462. The molecule has 1 aromatic rings. The van der Waals surface area contributed by atoms with Gasteiger partial charge in [-0.1, -0.05) is 61.1 Å². The summed E-state index contributed by atoms with van der Waals surface area (Å²) in [7, 11) is 0. The van der Waals surface area contributed by atoms with Crippen molar-refractivity contribution in [3.8, 4) is 5.75 Å². The van der Waals surface area contributed by atoms with E-state index >= 15 is 0 Å². The second-order valence-corrected chi connectivity index (χ2v) is 6.61. The van der Waals surface area contributed by atoms with Crippen LogP contribution in [-0.2, 0) is 0 Å². The summed E-state index contributed by atoms with van der Waals surface area (Å²) >= 11 is 10.7. The van der Waals surface area contributed by atoms with Gasteiger partial charge in [-0.05, 0) is 42.5 Å². The molecule has 0 fully saturated rings. The Kier molecular flexibility index (Phi) is 7.89. The van der Waals surface area contributed by atoms with E-state index in [2.05, 4.69) is 54.7 Å². The van der Waals surface area contributed by atoms with Gasteiger partial charge in [0.25, 0.3) is 0 Å². The fraction of sp³-hybridized carbons (Fsp3) is 0.571. The minimum Gasteiger partial charge on any atom is -0.494 e. The Labute approximate surface area is 135 Å². The van der Waals surface area contributed by atoms with E-state index < -0.39 is 0 Å². The molecule has 18 heavy (non-hydrogen) atoms. The minimum absolute atomic E-state index is 0.310. The SMILES string of the molecule is CCCC(CBr)(CBr)CCOc1ccc(Br)cc1. The number of rotatable bonds is 8. The molecule has 0 saturated heterocycles. The lowest BCUT2D eigenvalue weighted by molar-refractivity contribution is 0.226. The van der Waals surface area contributed by atoms with Crippen molar-refractivity contribution in [1.29, 1.82) is 0 Å². The highest BCUT2D eigenvalue weighted by molar-refractivity contribution is 9.10. The topological polar surface area (TPSA) is 9.23 Å². The van der Waals surface area contributed by atoms with E-state index in [1.807, 2.05) is 24.3 Å². The molecule has 0 spiro atoms. The van der Waals surface area contributed by atoms with Crippen LogP contribution in [0.15, 0.2) is 28.7 Å². The van der Waals surface area contributed by atoms with Gasteiger partial charge in [-0.25, -0.2) is 0 Å². The molecule has 1 rings (SSSR count). The third-order valence-corrected chi connectivity index (χ3v) is 5.97. The maximum absolute atomic E-state index is 5.80. The summed E-state index contributed by atoms with van der Waals surface area (Å²) in [5, 5.41) is 2.03. The Morgan fingerprint density at radius 3 is 2.17 bits per heavy atom. The largest absolute Gasteiger partial charge is 0.494 e. The lowest BCUT2D eigenvalue weighted by atomic mass is 9.85. The maximum Gasteiger partial charge on any atom is 0.119 e. The third kappa shape index (κ3) is 5.22. The first-order valence-electron chi connectivity index (χ1n) is 6.16. The molecule has 0 heterocycles. The first-order chi connectivity index (χ1) is 8.65. The molecule has 1 aromatic carbocycles. The molecule has 0 aliphatic heterocycles. The molecule has 1 nitrogen and oxygen atoms in total. The van der Waals surface area contributed by atoms with Gasteiger partial charge in [0, 0.05) is 15.1 Å². The summed E-state index contributed by atoms with van der Waals surface area (Å²) < 4.78 is 6.88. The molecule has 0 aliphatic carbocycles. The Morgan fingerprint density at radius 2 is 1.67 bits per heavy atom. The van der Waals surface area contributed by atoms with Gasteiger partial charge in [0.1, 0.15) is 5.75 Å². The zero-order valence-electron chi connectivity index (χ0n) is 10.6. The van der Waals surface area contributed by atoms with Crippen molar-refractivity contribution < 1.29 is 4.74 Å². The average molecular weight is 443 g/mol. The molecule has 0 amide bonds. The van der Waals surface area contributed by atoms with Crippen LogP contribution in [0.5, 0.6) is 5.75 Å². The van der Waals surface area contributed by atoms with E-state index in [9.17, 15) is 0 Å². The van der Waals surface area contributed by atoms with Crippen molar-refractivity contribution in [2.45, 2.75) is 26.2 Å². The molecule has 0 saturated carbocycles. The summed E-state index contributed by atoms with van der Waals surface area (Å²) in [5.74, 6) is 0.938. The molecule has 0 atom stereocenters. The molecule has 0 bridgehead atoms. The summed E-state index contributed by atoms with van der Waals surface area (Å²) in [4.78, 5) is 0. The summed E-state index contributed by atoms with van der Waals surface area (Å²) in [6, 6.07) is 7.99. The molecule has 0 aromatic heterocycles. The van der Waals surface area contributed by atoms with Crippen LogP contribution < -0.4 is 4.74 Å². The second-order valence-electron chi connectivity index (χ2n) is 4.57. The summed E-state index contributed by atoms with van der Waals surface area (Å²) in [6.45, 7) is 2.99. The van der Waals surface area contributed by atoms with Gasteiger partial charge >= 0.3 is 0 Å². The first kappa shape index (κ1) is 16.5. The maximum atomic E-state index is 5.80. The molecule has 0 aliphatic rings. The Hall–Kier alpha value is 0.460. The van der Waals surface area contributed by atoms with E-state index in [-0.39, 0.29) is 0 Å². The summed E-state index contributed by atoms with van der Waals surface area (Å²) in [5.41, 5.74) is 0.310. The lowest BCUT2D eigenvalue weighted by Crippen LogP contribution is -2.27. The standard InChI is InChI=1S/C14H19Br3O/c1-2-7-14(10-15,11-16)8-9-18-13-5-3-12(17)4-6-13/h3-6H,2,7-11H2,1H3. The zero-order valence-corrected chi connectivity index (χ0v) is 15.4. The van der Waals surface area contributed by atoms with Crippen LogP contribution in [-0.4, -0.2) is 17.3 Å². The van der Waals surface area contributed by atoms with Crippen LogP contribution >= 0.6 is 47.8 Å². The number of benzene rings is 1. The van der Waals surface area contributed by atoms with Crippen molar-refractivity contribution in [2.24, 2.45) is 5.41 Å². The Morgan fingerprint density at radius 1 is 1.06 bits per heavy atom. The van der Waals surface area contributed by atoms with Crippen molar-refractivity contribution >= 4 is 47.8 Å². The van der Waals surface area contributed by atoms with Crippen LogP contribution in [0.2, 0.25) is 0 Å². The second kappa shape index (κ2) is 8.60. The first-order valence-corrected chi connectivity index (χ1v) is 9.19. The lowest BCUT2D eigenvalue weighted by Gasteiger charge is -2.29. The van der Waals surface area contributed by atoms with Gasteiger partial charge in [0.2, 0.25) is 0 Å². The van der Waals surface area contributed by atoms with Gasteiger partial charge in [-0.15, -0.1) is 0 Å². The van der Waals surface area contributed by atoms with Crippen LogP contribution in [0, 0.1) is 5.41 Å². The minimum atomic E-state index is 0.310. The van der Waals surface area contributed by atoms with Crippen LogP contribution in [0.1, 0.15) is 26.2 Å². The monoisotopic (exact) mass is 440 g/mol. The van der Waals surface area contributed by atoms with E-state index in [0.29, 0.717) is 5.41 Å². The van der Waals surface area contributed by atoms with Gasteiger partial charge in [-0.3, -0.25) is 0 Å². The van der Waals surface area contributed by atoms with Crippen molar-refractivity contribution in [3.05, 3.63) is 28.7 Å². The van der Waals surface area contributed by atoms with Gasteiger partial charge < -0.3 is 4.74 Å². The molecule has 102 valence electrons. The molecular weight excluding hydrogens is 424 g/mol. The van der Waals surface area contributed by atoms with Crippen LogP contribution in [0.3, 0.4) is 0 Å². The van der Waals surface area contributed by atoms with E-state index in [0.717, 1.165) is 33.9 Å². The molecule has 0 unspecified atom stereocenters. The Bertz CT molecular complexity index is 333. The number of alkyl halides is 2. The highest BCUT2D eigenvalue weighted by Gasteiger charge is 2.26. The fourth-order valence-electron chi connectivity index (χ4n) is 1.87. The van der Waals surface area contributed by atoms with Crippen LogP contribution in [0.4, 0.5) is 0 Å². The van der Waals surface area contributed by atoms with Crippen molar-refractivity contribution in [2.75, 3.05) is 17.3 Å². The highest BCUT2D eigenvalue weighted by atomic mass is 79.9. The summed E-state index contributed by atoms with van der Waals surface area (Å²) in [6.07, 6.45) is 3.48. The highest BCUT2D eigenvalue weighted by Crippen LogP contribution is 2.33. The predicted molar refractivity (Wildman–Crippen MR) is 89.2 cm³/mol. The number of halogens is 3. The predicted octanol–water partition coefficient (Wildman–Crippen LogP) is 5.79. The van der Waals surface area contributed by atoms with Gasteiger partial charge in [0.15, 0.2) is 0 Å². The molecule has 0 radical (unpaired) electrons. The normalized spacial score (nSPS) is 11.6. The van der Waals surface area contributed by atoms with E-state index in [1.54, 1.807) is 0 Å². The Balaban J connectivity index is 2.45. The number of hydrogen-bond donors (Lipinski definition) is 0. The number of hydrogen-bond acceptors (Lipinski definition) is 1. The molecule has 0 N–H and O–H groups in total. The van der Waals surface area contributed by atoms with E-state index in [4.69, 9.17) is 4.74 Å². The van der Waals surface area contributed by atoms with E-state index in [1.165, 1.54) is 12.8 Å².